The number of benzene rings is 1. The molecule has 0 saturated heterocycles. The first-order valence-corrected chi connectivity index (χ1v) is 9.17. The number of hydrogen-bond donors (Lipinski definition) is 1. The van der Waals surface area contributed by atoms with Gasteiger partial charge in [0, 0.05) is 36.9 Å². The molecule has 0 aliphatic carbocycles. The zero-order valence-corrected chi connectivity index (χ0v) is 15.8. The third-order valence-corrected chi connectivity index (χ3v) is 4.96. The van der Waals surface area contributed by atoms with Crippen molar-refractivity contribution in [3.05, 3.63) is 77.9 Å². The molecule has 0 saturated carbocycles. The van der Waals surface area contributed by atoms with Crippen molar-refractivity contribution in [2.24, 2.45) is 0 Å². The molecule has 6 nitrogen and oxygen atoms in total. The van der Waals surface area contributed by atoms with E-state index in [4.69, 9.17) is 0 Å². The number of carbonyl (C=O) groups excluding carboxylic acids is 2. The van der Waals surface area contributed by atoms with Gasteiger partial charge in [-0.1, -0.05) is 0 Å². The fourth-order valence-electron chi connectivity index (χ4n) is 3.45. The number of anilines is 2. The van der Waals surface area contributed by atoms with E-state index < -0.39 is 23.6 Å². The number of rotatable bonds is 3. The number of amides is 2. The Hall–Kier alpha value is -3.62. The molecule has 0 bridgehead atoms. The van der Waals surface area contributed by atoms with Crippen LogP contribution in [0, 0.1) is 0 Å². The lowest BCUT2D eigenvalue weighted by Crippen LogP contribution is -2.42. The van der Waals surface area contributed by atoms with Crippen molar-refractivity contribution >= 4 is 23.2 Å². The SMILES string of the molecule is C[C@H]1CN(c2ccc(C(F)(F)F)cc2)C(=O)c2c(NC(=O)c3cccnc3)ccn21. The van der Waals surface area contributed by atoms with Gasteiger partial charge in [0.1, 0.15) is 5.69 Å². The maximum Gasteiger partial charge on any atom is 0.416 e. The summed E-state index contributed by atoms with van der Waals surface area (Å²) in [6, 6.07) is 9.18. The van der Waals surface area contributed by atoms with Gasteiger partial charge in [-0.3, -0.25) is 14.6 Å². The molecule has 0 fully saturated rings. The molecule has 1 atom stereocenters. The second-order valence-electron chi connectivity index (χ2n) is 6.99. The molecule has 154 valence electrons. The third-order valence-electron chi connectivity index (χ3n) is 4.96. The molecule has 0 unspecified atom stereocenters. The van der Waals surface area contributed by atoms with Crippen molar-refractivity contribution in [2.45, 2.75) is 19.1 Å². The second kappa shape index (κ2) is 7.33. The highest BCUT2D eigenvalue weighted by Gasteiger charge is 2.34. The summed E-state index contributed by atoms with van der Waals surface area (Å²) < 4.78 is 40.3. The molecular formula is C21H17F3N4O2. The number of halogens is 3. The molecule has 30 heavy (non-hydrogen) atoms. The van der Waals surface area contributed by atoms with Crippen molar-refractivity contribution in [1.29, 1.82) is 0 Å². The van der Waals surface area contributed by atoms with Crippen molar-refractivity contribution < 1.29 is 22.8 Å². The van der Waals surface area contributed by atoms with Crippen LogP contribution in [0.5, 0.6) is 0 Å². The van der Waals surface area contributed by atoms with Crippen molar-refractivity contribution in [2.75, 3.05) is 16.8 Å². The Morgan fingerprint density at radius 1 is 1.17 bits per heavy atom. The van der Waals surface area contributed by atoms with Crippen LogP contribution in [0.15, 0.2) is 61.1 Å². The Labute approximate surface area is 169 Å². The number of alkyl halides is 3. The first-order valence-electron chi connectivity index (χ1n) is 9.17. The third kappa shape index (κ3) is 3.54. The minimum atomic E-state index is -4.45. The molecule has 0 radical (unpaired) electrons. The average molecular weight is 414 g/mol. The van der Waals surface area contributed by atoms with Crippen LogP contribution in [0.2, 0.25) is 0 Å². The lowest BCUT2D eigenvalue weighted by molar-refractivity contribution is -0.137. The van der Waals surface area contributed by atoms with Gasteiger partial charge in [-0.2, -0.15) is 13.2 Å². The van der Waals surface area contributed by atoms with Gasteiger partial charge in [0.15, 0.2) is 0 Å². The van der Waals surface area contributed by atoms with Crippen molar-refractivity contribution in [1.82, 2.24) is 9.55 Å². The number of carbonyl (C=O) groups is 2. The number of hydrogen-bond acceptors (Lipinski definition) is 3. The van der Waals surface area contributed by atoms with Crippen LogP contribution in [-0.2, 0) is 6.18 Å². The van der Waals surface area contributed by atoms with E-state index in [0.717, 1.165) is 12.1 Å². The van der Waals surface area contributed by atoms with Gasteiger partial charge in [0.25, 0.3) is 11.8 Å². The number of nitrogens with zero attached hydrogens (tertiary/aromatic N) is 3. The summed E-state index contributed by atoms with van der Waals surface area (Å²) >= 11 is 0. The largest absolute Gasteiger partial charge is 0.416 e. The zero-order chi connectivity index (χ0) is 21.5. The minimum Gasteiger partial charge on any atom is -0.337 e. The normalized spacial score (nSPS) is 16.3. The van der Waals surface area contributed by atoms with Crippen molar-refractivity contribution in [3.63, 3.8) is 0 Å². The van der Waals surface area contributed by atoms with E-state index in [1.54, 1.807) is 35.2 Å². The highest BCUT2D eigenvalue weighted by atomic mass is 19.4. The van der Waals surface area contributed by atoms with Gasteiger partial charge < -0.3 is 14.8 Å². The Morgan fingerprint density at radius 3 is 2.53 bits per heavy atom. The summed E-state index contributed by atoms with van der Waals surface area (Å²) in [5.74, 6) is -0.816. The van der Waals surface area contributed by atoms with E-state index in [2.05, 4.69) is 10.3 Å². The zero-order valence-electron chi connectivity index (χ0n) is 15.8. The van der Waals surface area contributed by atoms with Gasteiger partial charge in [-0.15, -0.1) is 0 Å². The van der Waals surface area contributed by atoms with Gasteiger partial charge >= 0.3 is 6.18 Å². The van der Waals surface area contributed by atoms with E-state index >= 15 is 0 Å². The number of aromatic nitrogens is 2. The molecule has 2 amide bonds. The van der Waals surface area contributed by atoms with Crippen LogP contribution in [0.3, 0.4) is 0 Å². The molecule has 1 aliphatic rings. The lowest BCUT2D eigenvalue weighted by Gasteiger charge is -2.33. The molecule has 2 aromatic heterocycles. The molecule has 4 rings (SSSR count). The molecule has 1 N–H and O–H groups in total. The standard InChI is InChI=1S/C21H17F3N4O2/c1-13-12-28(16-6-4-15(5-7-16)21(22,23)24)20(30)18-17(8-10-27(13)18)26-19(29)14-3-2-9-25-11-14/h2-11,13H,12H2,1H3,(H,26,29)/t13-/m0/s1. The van der Waals surface area contributed by atoms with Gasteiger partial charge in [0.05, 0.1) is 16.8 Å². The van der Waals surface area contributed by atoms with Crippen LogP contribution in [-0.4, -0.2) is 27.9 Å². The van der Waals surface area contributed by atoms with E-state index in [1.165, 1.54) is 23.2 Å². The second-order valence-corrected chi connectivity index (χ2v) is 6.99. The van der Waals surface area contributed by atoms with E-state index in [1.807, 2.05) is 6.92 Å². The molecule has 9 heteroatoms. The summed E-state index contributed by atoms with van der Waals surface area (Å²) in [6.07, 6.45) is 0.220. The van der Waals surface area contributed by atoms with Gasteiger partial charge in [0.2, 0.25) is 0 Å². The molecular weight excluding hydrogens is 397 g/mol. The van der Waals surface area contributed by atoms with E-state index in [0.29, 0.717) is 23.5 Å². The number of fused-ring (bicyclic) bond motifs is 1. The van der Waals surface area contributed by atoms with Crippen LogP contribution in [0.4, 0.5) is 24.5 Å². The maximum atomic E-state index is 13.2. The van der Waals surface area contributed by atoms with Crippen LogP contribution in [0.25, 0.3) is 0 Å². The summed E-state index contributed by atoms with van der Waals surface area (Å²) in [5, 5.41) is 2.72. The predicted molar refractivity (Wildman–Crippen MR) is 104 cm³/mol. The van der Waals surface area contributed by atoms with E-state index in [9.17, 15) is 22.8 Å². The molecule has 1 aliphatic heterocycles. The van der Waals surface area contributed by atoms with Crippen molar-refractivity contribution in [3.8, 4) is 0 Å². The van der Waals surface area contributed by atoms with Crippen LogP contribution in [0.1, 0.15) is 39.4 Å². The van der Waals surface area contributed by atoms with E-state index in [-0.39, 0.29) is 11.7 Å². The quantitative estimate of drug-likeness (QED) is 0.692. The Bertz CT molecular complexity index is 1090. The first kappa shape index (κ1) is 19.7. The first-order chi connectivity index (χ1) is 14.3. The summed E-state index contributed by atoms with van der Waals surface area (Å²) in [6.45, 7) is 2.18. The summed E-state index contributed by atoms with van der Waals surface area (Å²) in [4.78, 5) is 31.0. The monoisotopic (exact) mass is 414 g/mol. The fourth-order valence-corrected chi connectivity index (χ4v) is 3.45. The smallest absolute Gasteiger partial charge is 0.337 e. The fraction of sp³-hybridized carbons (Fsp3) is 0.190. The summed E-state index contributed by atoms with van der Waals surface area (Å²) in [5.41, 5.74) is 0.518. The Morgan fingerprint density at radius 2 is 1.90 bits per heavy atom. The highest BCUT2D eigenvalue weighted by molar-refractivity contribution is 6.13. The average Bonchev–Trinajstić information content (AvgIpc) is 3.15. The summed E-state index contributed by atoms with van der Waals surface area (Å²) in [7, 11) is 0. The minimum absolute atomic E-state index is 0.135. The maximum absolute atomic E-state index is 13.2. The molecule has 1 aromatic carbocycles. The Kier molecular flexibility index (Phi) is 4.81. The predicted octanol–water partition coefficient (Wildman–Crippen LogP) is 4.38. The van der Waals surface area contributed by atoms with Gasteiger partial charge in [-0.25, -0.2) is 0 Å². The van der Waals surface area contributed by atoms with Crippen LogP contribution >= 0.6 is 0 Å². The Balaban J connectivity index is 1.63. The lowest BCUT2D eigenvalue weighted by atomic mass is 10.1. The van der Waals surface area contributed by atoms with Crippen LogP contribution < -0.4 is 10.2 Å². The van der Waals surface area contributed by atoms with Gasteiger partial charge in [-0.05, 0) is 49.4 Å². The molecule has 3 aromatic rings. The molecule has 3 heterocycles. The number of nitrogens with one attached hydrogen (secondary N) is 1. The number of pyridine rings is 1. The molecule has 0 spiro atoms. The topological polar surface area (TPSA) is 67.2 Å². The highest BCUT2D eigenvalue weighted by Crippen LogP contribution is 2.34.